The molecule has 0 aliphatic rings. The lowest BCUT2D eigenvalue weighted by atomic mass is 10.0. The average molecular weight is 700 g/mol. The van der Waals surface area contributed by atoms with Crippen LogP contribution in [0.4, 0.5) is 0 Å². The lowest BCUT2D eigenvalue weighted by Crippen LogP contribution is -2.45. The molecule has 2 atom stereocenters. The Bertz CT molecular complexity index is 801. The minimum atomic E-state index is -0.867. The van der Waals surface area contributed by atoms with Crippen molar-refractivity contribution in [2.75, 3.05) is 6.61 Å². The van der Waals surface area contributed by atoms with Gasteiger partial charge in [-0.2, -0.15) is 0 Å². The summed E-state index contributed by atoms with van der Waals surface area (Å²) in [6, 6.07) is -0.643. The highest BCUT2D eigenvalue weighted by molar-refractivity contribution is 5.76. The zero-order valence-corrected chi connectivity index (χ0v) is 33.4. The zero-order chi connectivity index (χ0) is 36.4. The molecule has 0 rings (SSSR count). The molecule has 0 aliphatic carbocycles. The van der Waals surface area contributed by atoms with Crippen LogP contribution in [-0.4, -0.2) is 34.9 Å². The Balaban J connectivity index is 3.50. The summed E-state index contributed by atoms with van der Waals surface area (Å²) in [4.78, 5) is 12.3. The maximum Gasteiger partial charge on any atom is 0.220 e. The number of unbranched alkanes of at least 4 members (excludes halogenated alkanes) is 26. The molecule has 0 spiro atoms. The minimum absolute atomic E-state index is 0.0795. The van der Waals surface area contributed by atoms with Crippen LogP contribution in [0.5, 0.6) is 0 Å². The second-order valence-corrected chi connectivity index (χ2v) is 14.7. The largest absolute Gasteiger partial charge is 0.394 e. The van der Waals surface area contributed by atoms with E-state index in [4.69, 9.17) is 0 Å². The van der Waals surface area contributed by atoms with Gasteiger partial charge in [-0.3, -0.25) is 4.79 Å². The molecule has 292 valence electrons. The van der Waals surface area contributed by atoms with Crippen LogP contribution in [0.3, 0.4) is 0 Å². The van der Waals surface area contributed by atoms with Gasteiger partial charge >= 0.3 is 0 Å². The van der Waals surface area contributed by atoms with Crippen molar-refractivity contribution < 1.29 is 15.0 Å². The van der Waals surface area contributed by atoms with Crippen molar-refractivity contribution in [1.29, 1.82) is 0 Å². The molecule has 3 N–H and O–H groups in total. The monoisotopic (exact) mass is 700 g/mol. The first-order valence-corrected chi connectivity index (χ1v) is 21.9. The van der Waals surface area contributed by atoms with Crippen molar-refractivity contribution in [2.24, 2.45) is 0 Å². The third kappa shape index (κ3) is 37.6. The molecular weight excluding hydrogens is 615 g/mol. The molecule has 0 aromatic carbocycles. The molecule has 0 heterocycles. The molecule has 4 heteroatoms. The van der Waals surface area contributed by atoms with Crippen molar-refractivity contribution in [3.8, 4) is 0 Å². The molecule has 0 radical (unpaired) electrons. The van der Waals surface area contributed by atoms with Crippen LogP contribution in [0.15, 0.2) is 48.6 Å². The summed E-state index contributed by atoms with van der Waals surface area (Å²) in [5, 5.41) is 22.9. The van der Waals surface area contributed by atoms with Crippen molar-refractivity contribution in [3.63, 3.8) is 0 Å². The minimum Gasteiger partial charge on any atom is -0.394 e. The van der Waals surface area contributed by atoms with Gasteiger partial charge in [-0.15, -0.1) is 0 Å². The number of rotatable bonds is 39. The van der Waals surface area contributed by atoms with Gasteiger partial charge in [0.15, 0.2) is 0 Å². The Kier molecular flexibility index (Phi) is 40.4. The normalized spacial score (nSPS) is 13.4. The van der Waals surface area contributed by atoms with Crippen LogP contribution in [0.1, 0.15) is 219 Å². The highest BCUT2D eigenvalue weighted by Gasteiger charge is 2.17. The Labute approximate surface area is 312 Å². The topological polar surface area (TPSA) is 69.6 Å². The van der Waals surface area contributed by atoms with E-state index in [1.165, 1.54) is 154 Å². The first-order chi connectivity index (χ1) is 24.7. The van der Waals surface area contributed by atoms with E-state index >= 15 is 0 Å². The fourth-order valence-electron chi connectivity index (χ4n) is 6.39. The van der Waals surface area contributed by atoms with E-state index in [2.05, 4.69) is 55.6 Å². The van der Waals surface area contributed by atoms with Gasteiger partial charge in [0.25, 0.3) is 0 Å². The molecule has 0 bridgehead atoms. The highest BCUT2D eigenvalue weighted by Crippen LogP contribution is 2.15. The second-order valence-electron chi connectivity index (χ2n) is 14.7. The van der Waals surface area contributed by atoms with E-state index in [-0.39, 0.29) is 12.5 Å². The van der Waals surface area contributed by atoms with E-state index in [9.17, 15) is 15.0 Å². The molecule has 0 saturated heterocycles. The number of nitrogens with one attached hydrogen (secondary N) is 1. The number of hydrogen-bond donors (Lipinski definition) is 3. The lowest BCUT2D eigenvalue weighted by Gasteiger charge is -2.19. The van der Waals surface area contributed by atoms with Gasteiger partial charge in [0.2, 0.25) is 5.91 Å². The predicted molar refractivity (Wildman–Crippen MR) is 221 cm³/mol. The van der Waals surface area contributed by atoms with Gasteiger partial charge < -0.3 is 15.5 Å². The Morgan fingerprint density at radius 3 is 1.24 bits per heavy atom. The summed E-state index contributed by atoms with van der Waals surface area (Å²) >= 11 is 0. The van der Waals surface area contributed by atoms with E-state index in [0.29, 0.717) is 6.42 Å². The second kappa shape index (κ2) is 41.8. The number of allylic oxidation sites excluding steroid dienone is 7. The molecule has 0 aromatic heterocycles. The maximum absolute atomic E-state index is 12.3. The number of aliphatic hydroxyl groups excluding tert-OH is 2. The van der Waals surface area contributed by atoms with Gasteiger partial charge in [0.05, 0.1) is 18.8 Å². The summed E-state index contributed by atoms with van der Waals surface area (Å²) in [5.74, 6) is -0.0795. The van der Waals surface area contributed by atoms with Crippen molar-refractivity contribution in [3.05, 3.63) is 48.6 Å². The summed E-state index contributed by atoms with van der Waals surface area (Å²) < 4.78 is 0. The number of aliphatic hydroxyl groups is 2. The molecule has 2 unspecified atom stereocenters. The molecule has 0 aromatic rings. The van der Waals surface area contributed by atoms with E-state index in [1.54, 1.807) is 6.08 Å². The number of hydrogen-bond acceptors (Lipinski definition) is 3. The highest BCUT2D eigenvalue weighted by atomic mass is 16.3. The molecule has 50 heavy (non-hydrogen) atoms. The van der Waals surface area contributed by atoms with Crippen molar-refractivity contribution >= 4 is 5.91 Å². The van der Waals surface area contributed by atoms with Crippen LogP contribution in [0.25, 0.3) is 0 Å². The van der Waals surface area contributed by atoms with E-state index < -0.39 is 12.1 Å². The van der Waals surface area contributed by atoms with Gasteiger partial charge in [-0.05, 0) is 64.2 Å². The van der Waals surface area contributed by atoms with Crippen molar-refractivity contribution in [1.82, 2.24) is 5.32 Å². The lowest BCUT2D eigenvalue weighted by molar-refractivity contribution is -0.123. The first-order valence-electron chi connectivity index (χ1n) is 21.9. The molecule has 0 aliphatic heterocycles. The third-order valence-electron chi connectivity index (χ3n) is 9.74. The third-order valence-corrected chi connectivity index (χ3v) is 9.74. The van der Waals surface area contributed by atoms with E-state index in [1.807, 2.05) is 6.08 Å². The predicted octanol–water partition coefficient (Wildman–Crippen LogP) is 13.6. The van der Waals surface area contributed by atoms with Gasteiger partial charge in [0.1, 0.15) is 0 Å². The Hall–Kier alpha value is -1.65. The Morgan fingerprint density at radius 2 is 0.820 bits per heavy atom. The van der Waals surface area contributed by atoms with Crippen molar-refractivity contribution in [2.45, 2.75) is 231 Å². The molecular formula is C46H85NO3. The van der Waals surface area contributed by atoms with Crippen LogP contribution in [-0.2, 0) is 4.79 Å². The van der Waals surface area contributed by atoms with Crippen LogP contribution in [0.2, 0.25) is 0 Å². The zero-order valence-electron chi connectivity index (χ0n) is 33.4. The molecule has 0 saturated carbocycles. The fraction of sp³-hybridized carbons (Fsp3) is 0.804. The first kappa shape index (κ1) is 48.3. The van der Waals surface area contributed by atoms with E-state index in [0.717, 1.165) is 44.9 Å². The molecule has 4 nitrogen and oxygen atoms in total. The van der Waals surface area contributed by atoms with Crippen LogP contribution in [0, 0.1) is 0 Å². The maximum atomic E-state index is 12.3. The molecule has 1 amide bonds. The summed E-state index contributed by atoms with van der Waals surface area (Å²) in [6.07, 6.45) is 56.6. The number of carbonyl (C=O) groups excluding carboxylic acids is 1. The number of carbonyl (C=O) groups is 1. The van der Waals surface area contributed by atoms with Gasteiger partial charge in [-0.25, -0.2) is 0 Å². The standard InChI is InChI=1S/C46H85NO3/c1-3-5-7-9-11-13-15-16-17-18-19-20-21-22-23-24-25-26-27-28-29-30-32-34-36-38-40-42-46(50)47-44(43-48)45(49)41-39-37-35-33-31-14-12-10-8-6-4-2/h8,10,18-19,31,33,39,41,44-45,48-49H,3-7,9,11-17,20-30,32,34-38,40,42-43H2,1-2H3,(H,47,50)/b10-8+,19-18-,33-31+,41-39+. The van der Waals surface area contributed by atoms with Gasteiger partial charge in [-0.1, -0.05) is 197 Å². The summed E-state index contributed by atoms with van der Waals surface area (Å²) in [7, 11) is 0. The number of amides is 1. The quantitative estimate of drug-likeness (QED) is 0.0442. The average Bonchev–Trinajstić information content (AvgIpc) is 3.12. The SMILES string of the molecule is CCC/C=C/CC/C=C/CC/C=C/C(O)C(CO)NC(=O)CCCCCCCCCCCCCCCCC/C=C\CCCCCCCCCC. The summed E-state index contributed by atoms with van der Waals surface area (Å²) in [5.41, 5.74) is 0. The van der Waals surface area contributed by atoms with Gasteiger partial charge in [0, 0.05) is 6.42 Å². The van der Waals surface area contributed by atoms with Crippen LogP contribution < -0.4 is 5.32 Å². The summed E-state index contributed by atoms with van der Waals surface area (Å²) in [6.45, 7) is 4.22. The smallest absolute Gasteiger partial charge is 0.220 e. The molecule has 0 fully saturated rings. The van der Waals surface area contributed by atoms with Crippen LogP contribution >= 0.6 is 0 Å². The fourth-order valence-corrected chi connectivity index (χ4v) is 6.39. The Morgan fingerprint density at radius 1 is 0.460 bits per heavy atom.